The van der Waals surface area contributed by atoms with Gasteiger partial charge in [-0.25, -0.2) is 0 Å². The lowest BCUT2D eigenvalue weighted by molar-refractivity contribution is -0.148. The van der Waals surface area contributed by atoms with E-state index in [0.29, 0.717) is 0 Å². The molecular formula is C18H16O3. The Morgan fingerprint density at radius 2 is 1.48 bits per heavy atom. The molecule has 21 heavy (non-hydrogen) atoms. The molecule has 2 bridgehead atoms. The fourth-order valence-electron chi connectivity index (χ4n) is 4.10. The summed E-state index contributed by atoms with van der Waals surface area (Å²) in [6, 6.07) is 15.9. The number of ether oxygens (including phenoxy) is 1. The second-order valence-corrected chi connectivity index (χ2v) is 5.76. The number of aliphatic hydroxyl groups excluding tert-OH is 1. The number of fused-ring (bicyclic) bond motifs is 7. The minimum atomic E-state index is -0.662. The minimum Gasteiger partial charge on any atom is -0.469 e. The Kier molecular flexibility index (Phi) is 2.66. The van der Waals surface area contributed by atoms with Gasteiger partial charge in [-0.3, -0.25) is 4.79 Å². The first-order valence-electron chi connectivity index (χ1n) is 7.17. The molecule has 4 atom stereocenters. The van der Waals surface area contributed by atoms with Crippen LogP contribution in [0.4, 0.5) is 0 Å². The third-order valence-electron chi connectivity index (χ3n) is 4.90. The normalized spacial score (nSPS) is 28.7. The number of hydrogen-bond acceptors (Lipinski definition) is 3. The quantitative estimate of drug-likeness (QED) is 0.817. The second-order valence-electron chi connectivity index (χ2n) is 5.76. The smallest absolute Gasteiger partial charge is 0.310 e. The fraction of sp³-hybridized carbons (Fsp3) is 0.278. The number of benzene rings is 2. The topological polar surface area (TPSA) is 46.5 Å². The van der Waals surface area contributed by atoms with Crippen LogP contribution in [-0.4, -0.2) is 18.2 Å². The average Bonchev–Trinajstić information content (AvgIpc) is 2.83. The lowest BCUT2D eigenvalue weighted by Crippen LogP contribution is -2.32. The van der Waals surface area contributed by atoms with Crippen molar-refractivity contribution in [3.8, 4) is 0 Å². The first kappa shape index (κ1) is 12.6. The van der Waals surface area contributed by atoms with Gasteiger partial charge in [0.15, 0.2) is 0 Å². The van der Waals surface area contributed by atoms with Crippen LogP contribution in [0.15, 0.2) is 48.5 Å². The van der Waals surface area contributed by atoms with Crippen molar-refractivity contribution in [2.75, 3.05) is 7.11 Å². The van der Waals surface area contributed by atoms with Gasteiger partial charge in [-0.05, 0) is 22.3 Å². The summed E-state index contributed by atoms with van der Waals surface area (Å²) in [6.07, 6.45) is -0.662. The standard InChI is InChI=1S/C18H16O3/c1-21-18(20)16-14-10-6-2-3-7-11(10)15(16)17(19)13-9-5-4-8-12(13)14/h2-9,14-17,19H,1H3/t14-,15+,16-,17-/m1/s1. The van der Waals surface area contributed by atoms with Crippen molar-refractivity contribution in [2.24, 2.45) is 5.92 Å². The van der Waals surface area contributed by atoms with Crippen LogP contribution in [0.1, 0.15) is 40.2 Å². The van der Waals surface area contributed by atoms with E-state index in [-0.39, 0.29) is 23.7 Å². The molecule has 0 fully saturated rings. The Labute approximate surface area is 123 Å². The molecule has 0 saturated heterocycles. The van der Waals surface area contributed by atoms with E-state index in [1.54, 1.807) is 0 Å². The molecule has 0 aliphatic heterocycles. The van der Waals surface area contributed by atoms with Crippen LogP contribution in [-0.2, 0) is 9.53 Å². The van der Waals surface area contributed by atoms with E-state index in [4.69, 9.17) is 4.74 Å². The van der Waals surface area contributed by atoms with Gasteiger partial charge in [-0.1, -0.05) is 48.5 Å². The van der Waals surface area contributed by atoms with Gasteiger partial charge < -0.3 is 9.84 Å². The molecule has 0 spiro atoms. The molecule has 0 saturated carbocycles. The van der Waals surface area contributed by atoms with Crippen LogP contribution < -0.4 is 0 Å². The third-order valence-corrected chi connectivity index (χ3v) is 4.90. The molecule has 2 aromatic carbocycles. The lowest BCUT2D eigenvalue weighted by atomic mass is 9.71. The van der Waals surface area contributed by atoms with Gasteiger partial charge in [0.1, 0.15) is 0 Å². The molecule has 0 amide bonds. The van der Waals surface area contributed by atoms with Crippen molar-refractivity contribution in [2.45, 2.75) is 17.9 Å². The SMILES string of the molecule is COC(=O)[C@@H]1[C@@H]2c3ccccc3[C@@H]1[C@H](O)c1ccccc12. The van der Waals surface area contributed by atoms with Crippen LogP contribution in [0.25, 0.3) is 0 Å². The lowest BCUT2D eigenvalue weighted by Gasteiger charge is -2.34. The number of aliphatic hydroxyl groups is 1. The monoisotopic (exact) mass is 280 g/mol. The van der Waals surface area contributed by atoms with Gasteiger partial charge in [0.05, 0.1) is 19.1 Å². The summed E-state index contributed by atoms with van der Waals surface area (Å²) < 4.78 is 5.02. The zero-order valence-electron chi connectivity index (χ0n) is 11.7. The predicted octanol–water partition coefficient (Wildman–Crippen LogP) is 2.75. The molecule has 0 radical (unpaired) electrons. The Morgan fingerprint density at radius 1 is 0.952 bits per heavy atom. The van der Waals surface area contributed by atoms with Crippen molar-refractivity contribution in [1.82, 2.24) is 0 Å². The van der Waals surface area contributed by atoms with Crippen molar-refractivity contribution in [3.63, 3.8) is 0 Å². The first-order chi connectivity index (χ1) is 10.2. The molecule has 2 aliphatic carbocycles. The van der Waals surface area contributed by atoms with Gasteiger partial charge in [0.2, 0.25) is 0 Å². The highest BCUT2D eigenvalue weighted by atomic mass is 16.5. The van der Waals surface area contributed by atoms with Gasteiger partial charge in [-0.15, -0.1) is 0 Å². The summed E-state index contributed by atoms with van der Waals surface area (Å²) in [7, 11) is 1.42. The van der Waals surface area contributed by atoms with Gasteiger partial charge >= 0.3 is 5.97 Å². The number of carbonyl (C=O) groups excluding carboxylic acids is 1. The van der Waals surface area contributed by atoms with Crippen molar-refractivity contribution >= 4 is 5.97 Å². The molecule has 3 nitrogen and oxygen atoms in total. The fourth-order valence-corrected chi connectivity index (χ4v) is 4.10. The molecule has 3 heteroatoms. The molecule has 1 N–H and O–H groups in total. The van der Waals surface area contributed by atoms with Gasteiger partial charge in [0.25, 0.3) is 0 Å². The number of esters is 1. The summed E-state index contributed by atoms with van der Waals surface area (Å²) >= 11 is 0. The van der Waals surface area contributed by atoms with E-state index in [1.807, 2.05) is 42.5 Å². The molecule has 4 rings (SSSR count). The molecule has 2 aromatic rings. The summed E-state index contributed by atoms with van der Waals surface area (Å²) in [5.41, 5.74) is 4.19. The third kappa shape index (κ3) is 1.55. The summed E-state index contributed by atoms with van der Waals surface area (Å²) in [4.78, 5) is 12.3. The van der Waals surface area contributed by atoms with Crippen molar-refractivity contribution in [3.05, 3.63) is 70.8 Å². The highest BCUT2D eigenvalue weighted by Gasteiger charge is 2.53. The number of rotatable bonds is 1. The van der Waals surface area contributed by atoms with Gasteiger partial charge in [0, 0.05) is 11.8 Å². The maximum Gasteiger partial charge on any atom is 0.310 e. The highest BCUT2D eigenvalue weighted by Crippen LogP contribution is 2.59. The van der Waals surface area contributed by atoms with Crippen LogP contribution in [0.2, 0.25) is 0 Å². The molecule has 0 aromatic heterocycles. The summed E-state index contributed by atoms with van der Waals surface area (Å²) in [5.74, 6) is -0.807. The Hall–Kier alpha value is -2.13. The first-order valence-corrected chi connectivity index (χ1v) is 7.17. The van der Waals surface area contributed by atoms with E-state index in [0.717, 1.165) is 22.3 Å². The maximum atomic E-state index is 12.3. The van der Waals surface area contributed by atoms with Gasteiger partial charge in [-0.2, -0.15) is 0 Å². The Balaban J connectivity index is 2.00. The Morgan fingerprint density at radius 3 is 2.10 bits per heavy atom. The molecule has 0 unspecified atom stereocenters. The van der Waals surface area contributed by atoms with E-state index >= 15 is 0 Å². The van der Waals surface area contributed by atoms with E-state index in [1.165, 1.54) is 7.11 Å². The van der Waals surface area contributed by atoms with E-state index in [9.17, 15) is 9.90 Å². The van der Waals surface area contributed by atoms with Crippen LogP contribution >= 0.6 is 0 Å². The second kappa shape index (κ2) is 4.43. The number of hydrogen-bond donors (Lipinski definition) is 1. The largest absolute Gasteiger partial charge is 0.469 e. The Bertz CT molecular complexity index is 722. The molecule has 2 aliphatic rings. The minimum absolute atomic E-state index is 0.0155. The summed E-state index contributed by atoms with van der Waals surface area (Å²) in [5, 5.41) is 10.8. The van der Waals surface area contributed by atoms with Crippen LogP contribution in [0.5, 0.6) is 0 Å². The zero-order chi connectivity index (χ0) is 14.6. The van der Waals surface area contributed by atoms with E-state index in [2.05, 4.69) is 6.07 Å². The number of methoxy groups -OCH3 is 1. The summed E-state index contributed by atoms with van der Waals surface area (Å²) in [6.45, 7) is 0. The van der Waals surface area contributed by atoms with Crippen molar-refractivity contribution in [1.29, 1.82) is 0 Å². The predicted molar refractivity (Wildman–Crippen MR) is 77.9 cm³/mol. The molecule has 106 valence electrons. The average molecular weight is 280 g/mol. The van der Waals surface area contributed by atoms with E-state index < -0.39 is 6.10 Å². The zero-order valence-corrected chi connectivity index (χ0v) is 11.7. The van der Waals surface area contributed by atoms with Crippen LogP contribution in [0, 0.1) is 5.92 Å². The van der Waals surface area contributed by atoms with Crippen molar-refractivity contribution < 1.29 is 14.6 Å². The number of carbonyl (C=O) groups is 1. The molecule has 0 heterocycles. The van der Waals surface area contributed by atoms with Crippen LogP contribution in [0.3, 0.4) is 0 Å². The highest BCUT2D eigenvalue weighted by molar-refractivity contribution is 5.79. The molecular weight excluding hydrogens is 264 g/mol. The maximum absolute atomic E-state index is 12.3.